The van der Waals surface area contributed by atoms with E-state index in [2.05, 4.69) is 54.7 Å². The van der Waals surface area contributed by atoms with Gasteiger partial charge in [0.15, 0.2) is 0 Å². The van der Waals surface area contributed by atoms with Crippen molar-refractivity contribution in [3.8, 4) is 0 Å². The first-order valence-corrected chi connectivity index (χ1v) is 8.51. The second-order valence-electron chi connectivity index (χ2n) is 6.90. The van der Waals surface area contributed by atoms with Crippen LogP contribution in [0.4, 0.5) is 5.82 Å². The molecular formula is C17H32N4. The molecule has 1 unspecified atom stereocenters. The Morgan fingerprint density at radius 2 is 2.14 bits per heavy atom. The minimum atomic E-state index is 0.685. The Kier molecular flexibility index (Phi) is 5.68. The lowest BCUT2D eigenvalue weighted by Crippen LogP contribution is -2.37. The predicted octanol–water partition coefficient (Wildman–Crippen LogP) is 3.10. The van der Waals surface area contributed by atoms with E-state index in [0.29, 0.717) is 5.92 Å². The molecule has 0 radical (unpaired) electrons. The van der Waals surface area contributed by atoms with E-state index in [1.54, 1.807) is 0 Å². The van der Waals surface area contributed by atoms with Crippen LogP contribution in [0.15, 0.2) is 0 Å². The van der Waals surface area contributed by atoms with Gasteiger partial charge in [0.2, 0.25) is 0 Å². The zero-order chi connectivity index (χ0) is 15.4. The van der Waals surface area contributed by atoms with Crippen LogP contribution < -0.4 is 10.2 Å². The normalized spacial score (nSPS) is 19.5. The molecule has 120 valence electrons. The molecule has 1 saturated heterocycles. The number of hydrogen-bond donors (Lipinski definition) is 1. The summed E-state index contributed by atoms with van der Waals surface area (Å²) in [5.41, 5.74) is 2.55. The van der Waals surface area contributed by atoms with Crippen LogP contribution in [-0.4, -0.2) is 29.4 Å². The number of piperidine rings is 1. The molecule has 1 N–H and O–H groups in total. The van der Waals surface area contributed by atoms with E-state index >= 15 is 0 Å². The second-order valence-corrected chi connectivity index (χ2v) is 6.90. The molecule has 1 fully saturated rings. The molecule has 0 bridgehead atoms. The van der Waals surface area contributed by atoms with Gasteiger partial charge in [0.05, 0.1) is 5.69 Å². The van der Waals surface area contributed by atoms with Gasteiger partial charge in [-0.1, -0.05) is 27.2 Å². The van der Waals surface area contributed by atoms with Crippen LogP contribution in [0.3, 0.4) is 0 Å². The fraction of sp³-hybridized carbons (Fsp3) is 0.824. The van der Waals surface area contributed by atoms with Crippen molar-refractivity contribution in [1.82, 2.24) is 15.1 Å². The Hall–Kier alpha value is -1.03. The average molecular weight is 292 g/mol. The molecule has 0 aromatic carbocycles. The number of hydrogen-bond acceptors (Lipinski definition) is 3. The molecule has 1 atom stereocenters. The zero-order valence-electron chi connectivity index (χ0n) is 14.4. The second kappa shape index (κ2) is 7.30. The van der Waals surface area contributed by atoms with E-state index in [9.17, 15) is 0 Å². The van der Waals surface area contributed by atoms with Crippen molar-refractivity contribution in [2.24, 2.45) is 18.9 Å². The summed E-state index contributed by atoms with van der Waals surface area (Å²) >= 11 is 0. The molecule has 21 heavy (non-hydrogen) atoms. The van der Waals surface area contributed by atoms with E-state index in [1.807, 2.05) is 0 Å². The molecule has 1 aliphatic rings. The summed E-state index contributed by atoms with van der Waals surface area (Å²) in [4.78, 5) is 2.56. The molecule has 1 aromatic heterocycles. The summed E-state index contributed by atoms with van der Waals surface area (Å²) in [6, 6.07) is 0. The Labute approximate surface area is 129 Å². The van der Waals surface area contributed by atoms with Crippen molar-refractivity contribution in [3.63, 3.8) is 0 Å². The maximum absolute atomic E-state index is 4.67. The fourth-order valence-electron chi connectivity index (χ4n) is 3.37. The van der Waals surface area contributed by atoms with Crippen LogP contribution in [0.5, 0.6) is 0 Å². The first-order valence-electron chi connectivity index (χ1n) is 8.51. The molecule has 0 saturated carbocycles. The zero-order valence-corrected chi connectivity index (χ0v) is 14.4. The molecule has 2 rings (SSSR count). The maximum atomic E-state index is 4.67. The van der Waals surface area contributed by atoms with E-state index < -0.39 is 0 Å². The van der Waals surface area contributed by atoms with Gasteiger partial charge >= 0.3 is 0 Å². The topological polar surface area (TPSA) is 33.1 Å². The monoisotopic (exact) mass is 292 g/mol. The summed E-state index contributed by atoms with van der Waals surface area (Å²) in [5, 5.41) is 8.25. The van der Waals surface area contributed by atoms with Gasteiger partial charge in [-0.2, -0.15) is 5.10 Å². The van der Waals surface area contributed by atoms with E-state index in [1.165, 1.54) is 49.4 Å². The third-order valence-corrected chi connectivity index (χ3v) is 4.56. The van der Waals surface area contributed by atoms with E-state index in [-0.39, 0.29) is 0 Å². The largest absolute Gasteiger partial charge is 0.356 e. The Morgan fingerprint density at radius 1 is 1.38 bits per heavy atom. The standard InChI is InChI=1S/C17H32N4/c1-6-15-8-7-9-21(12-15)17-16(11-18-10-13(2)3)14(4)19-20(17)5/h13,15,18H,6-12H2,1-5H3. The van der Waals surface area contributed by atoms with Crippen LogP contribution in [0.2, 0.25) is 0 Å². The summed E-state index contributed by atoms with van der Waals surface area (Å²) < 4.78 is 2.08. The number of rotatable bonds is 6. The summed E-state index contributed by atoms with van der Waals surface area (Å²) in [5.74, 6) is 2.86. The third kappa shape index (κ3) is 4.00. The molecule has 0 aliphatic carbocycles. The van der Waals surface area contributed by atoms with Gasteiger partial charge in [-0.05, 0) is 38.1 Å². The van der Waals surface area contributed by atoms with Gasteiger partial charge in [-0.3, -0.25) is 4.68 Å². The summed E-state index contributed by atoms with van der Waals surface area (Å²) in [7, 11) is 2.09. The SMILES string of the molecule is CCC1CCCN(c2c(CNCC(C)C)c(C)nn2C)C1. The van der Waals surface area contributed by atoms with Crippen LogP contribution in [-0.2, 0) is 13.6 Å². The van der Waals surface area contributed by atoms with Crippen LogP contribution in [0, 0.1) is 18.8 Å². The third-order valence-electron chi connectivity index (χ3n) is 4.56. The Balaban J connectivity index is 2.13. The minimum absolute atomic E-state index is 0.685. The predicted molar refractivity (Wildman–Crippen MR) is 89.7 cm³/mol. The van der Waals surface area contributed by atoms with Crippen molar-refractivity contribution in [3.05, 3.63) is 11.3 Å². The van der Waals surface area contributed by atoms with Crippen molar-refractivity contribution < 1.29 is 0 Å². The maximum Gasteiger partial charge on any atom is 0.131 e. The summed E-state index contributed by atoms with van der Waals surface area (Å²) in [6.45, 7) is 13.3. The van der Waals surface area contributed by atoms with Crippen molar-refractivity contribution in [2.45, 2.75) is 53.5 Å². The van der Waals surface area contributed by atoms with Gasteiger partial charge in [-0.25, -0.2) is 0 Å². The highest BCUT2D eigenvalue weighted by Crippen LogP contribution is 2.29. The highest BCUT2D eigenvalue weighted by molar-refractivity contribution is 5.50. The number of anilines is 1. The van der Waals surface area contributed by atoms with Crippen molar-refractivity contribution in [1.29, 1.82) is 0 Å². The molecule has 1 aliphatic heterocycles. The van der Waals surface area contributed by atoms with Crippen LogP contribution in [0.25, 0.3) is 0 Å². The number of aromatic nitrogens is 2. The molecule has 2 heterocycles. The molecule has 4 heteroatoms. The van der Waals surface area contributed by atoms with Gasteiger partial charge in [-0.15, -0.1) is 0 Å². The number of aryl methyl sites for hydroxylation is 2. The number of nitrogens with one attached hydrogen (secondary N) is 1. The van der Waals surface area contributed by atoms with Gasteiger partial charge in [0.25, 0.3) is 0 Å². The highest BCUT2D eigenvalue weighted by atomic mass is 15.4. The number of nitrogens with zero attached hydrogens (tertiary/aromatic N) is 3. The quantitative estimate of drug-likeness (QED) is 0.874. The molecule has 0 spiro atoms. The molecule has 4 nitrogen and oxygen atoms in total. The first-order chi connectivity index (χ1) is 10.0. The Morgan fingerprint density at radius 3 is 2.81 bits per heavy atom. The lowest BCUT2D eigenvalue weighted by molar-refractivity contribution is 0.399. The van der Waals surface area contributed by atoms with Crippen LogP contribution in [0.1, 0.15) is 51.3 Å². The fourth-order valence-corrected chi connectivity index (χ4v) is 3.37. The lowest BCUT2D eigenvalue weighted by Gasteiger charge is -2.34. The van der Waals surface area contributed by atoms with E-state index in [4.69, 9.17) is 0 Å². The Bertz CT molecular complexity index is 450. The van der Waals surface area contributed by atoms with E-state index in [0.717, 1.165) is 19.0 Å². The lowest BCUT2D eigenvalue weighted by atomic mass is 9.95. The smallest absolute Gasteiger partial charge is 0.131 e. The van der Waals surface area contributed by atoms with Crippen LogP contribution >= 0.6 is 0 Å². The first kappa shape index (κ1) is 16.3. The van der Waals surface area contributed by atoms with Crippen molar-refractivity contribution >= 4 is 5.82 Å². The molecule has 1 aromatic rings. The average Bonchev–Trinajstić information content (AvgIpc) is 2.73. The summed E-state index contributed by atoms with van der Waals surface area (Å²) in [6.07, 6.45) is 3.97. The van der Waals surface area contributed by atoms with Crippen molar-refractivity contribution in [2.75, 3.05) is 24.5 Å². The molecule has 0 amide bonds. The van der Waals surface area contributed by atoms with Gasteiger partial charge < -0.3 is 10.2 Å². The highest BCUT2D eigenvalue weighted by Gasteiger charge is 2.24. The molecular weight excluding hydrogens is 260 g/mol. The minimum Gasteiger partial charge on any atom is -0.356 e. The van der Waals surface area contributed by atoms with Gasteiger partial charge in [0, 0.05) is 32.2 Å². The van der Waals surface area contributed by atoms with Gasteiger partial charge in [0.1, 0.15) is 5.82 Å².